The van der Waals surface area contributed by atoms with Gasteiger partial charge in [-0.25, -0.2) is 5.10 Å². The summed E-state index contributed by atoms with van der Waals surface area (Å²) in [6.07, 6.45) is 0.675. The molecule has 0 radical (unpaired) electrons. The van der Waals surface area contributed by atoms with E-state index in [1.54, 1.807) is 0 Å². The van der Waals surface area contributed by atoms with Crippen LogP contribution >= 0.6 is 11.8 Å². The lowest BCUT2D eigenvalue weighted by atomic mass is 10.3. The van der Waals surface area contributed by atoms with Crippen LogP contribution in [0, 0.1) is 0 Å². The lowest BCUT2D eigenvalue weighted by Crippen LogP contribution is -2.09. The molecule has 1 aliphatic rings. The average molecular weight is 214 g/mol. The summed E-state index contributed by atoms with van der Waals surface area (Å²) in [7, 11) is 0. The molecule has 2 atom stereocenters. The van der Waals surface area contributed by atoms with Gasteiger partial charge in [-0.1, -0.05) is 11.8 Å². The second-order valence-corrected chi connectivity index (χ2v) is 4.26. The number of aromatic amines is 1. The van der Waals surface area contributed by atoms with Gasteiger partial charge in [-0.05, 0) is 6.92 Å². The maximum atomic E-state index is 11.3. The smallest absolute Gasteiger partial charge is 0.319 e. The molecule has 0 aromatic carbocycles. The lowest BCUT2D eigenvalue weighted by molar-refractivity contribution is -0.140. The molecular weight excluding hydrogens is 204 g/mol. The molecule has 3 N–H and O–H groups in total. The fraction of sp³-hybridized carbons (Fsp3) is 0.571. The van der Waals surface area contributed by atoms with Crippen LogP contribution < -0.4 is 5.73 Å². The minimum Gasteiger partial charge on any atom is -0.462 e. The van der Waals surface area contributed by atoms with E-state index in [0.717, 1.165) is 0 Å². The van der Waals surface area contributed by atoms with Gasteiger partial charge in [0.2, 0.25) is 11.1 Å². The Morgan fingerprint density at radius 2 is 2.50 bits per heavy atom. The van der Waals surface area contributed by atoms with E-state index in [-0.39, 0.29) is 23.3 Å². The zero-order chi connectivity index (χ0) is 10.1. The number of ether oxygens (including phenoxy) is 1. The summed E-state index contributed by atoms with van der Waals surface area (Å²) in [5.41, 5.74) is 5.36. The summed E-state index contributed by atoms with van der Waals surface area (Å²) in [4.78, 5) is 15.2. The number of anilines is 1. The molecule has 1 aromatic rings. The molecule has 7 heteroatoms. The molecule has 2 heterocycles. The fourth-order valence-electron chi connectivity index (χ4n) is 1.25. The standard InChI is InChI=1S/C7H10N4O2S/c1-3-2-4(5(12)13-3)14-7-9-6(8)10-11-7/h3-4H,2H2,1H3,(H3,8,9,10,11)/t3-,4-/m1/s1. The summed E-state index contributed by atoms with van der Waals surface area (Å²) >= 11 is 1.28. The molecule has 76 valence electrons. The first-order valence-corrected chi connectivity index (χ1v) is 5.08. The lowest BCUT2D eigenvalue weighted by Gasteiger charge is -1.98. The first-order chi connectivity index (χ1) is 6.65. The van der Waals surface area contributed by atoms with Gasteiger partial charge in [0.05, 0.1) is 0 Å². The van der Waals surface area contributed by atoms with Crippen molar-refractivity contribution in [2.45, 2.75) is 29.9 Å². The normalized spacial score (nSPS) is 26.5. The molecule has 0 saturated carbocycles. The molecule has 6 nitrogen and oxygen atoms in total. The molecule has 0 amide bonds. The monoisotopic (exact) mass is 214 g/mol. The Balaban J connectivity index is 2.01. The Kier molecular flexibility index (Phi) is 2.32. The minimum atomic E-state index is -0.208. The number of carbonyl (C=O) groups excluding carboxylic acids is 1. The predicted octanol–water partition coefficient (Wildman–Crippen LogP) is 0.183. The first-order valence-electron chi connectivity index (χ1n) is 4.20. The van der Waals surface area contributed by atoms with E-state index < -0.39 is 0 Å². The van der Waals surface area contributed by atoms with E-state index in [0.29, 0.717) is 11.6 Å². The number of nitrogens with zero attached hydrogens (tertiary/aromatic N) is 2. The molecule has 0 spiro atoms. The maximum Gasteiger partial charge on any atom is 0.319 e. The number of nitrogen functional groups attached to an aromatic ring is 1. The fourth-order valence-corrected chi connectivity index (χ4v) is 2.28. The van der Waals surface area contributed by atoms with Gasteiger partial charge in [-0.2, -0.15) is 4.98 Å². The number of hydrogen-bond donors (Lipinski definition) is 2. The molecule has 0 aliphatic carbocycles. The molecule has 0 unspecified atom stereocenters. The highest BCUT2D eigenvalue weighted by Gasteiger charge is 2.33. The topological polar surface area (TPSA) is 93.9 Å². The Bertz CT molecular complexity index is 353. The van der Waals surface area contributed by atoms with Crippen LogP contribution in [0.15, 0.2) is 5.16 Å². The molecule has 1 saturated heterocycles. The van der Waals surface area contributed by atoms with Crippen molar-refractivity contribution >= 4 is 23.7 Å². The Morgan fingerprint density at radius 3 is 3.00 bits per heavy atom. The average Bonchev–Trinajstić information content (AvgIpc) is 2.61. The Hall–Kier alpha value is -1.24. The predicted molar refractivity (Wildman–Crippen MR) is 50.6 cm³/mol. The van der Waals surface area contributed by atoms with E-state index in [1.165, 1.54) is 11.8 Å². The largest absolute Gasteiger partial charge is 0.462 e. The van der Waals surface area contributed by atoms with Crippen LogP contribution in [0.3, 0.4) is 0 Å². The van der Waals surface area contributed by atoms with Crippen LogP contribution in [0.4, 0.5) is 5.95 Å². The second-order valence-electron chi connectivity index (χ2n) is 3.09. The summed E-state index contributed by atoms with van der Waals surface area (Å²) in [5, 5.41) is 6.62. The highest BCUT2D eigenvalue weighted by molar-refractivity contribution is 8.00. The van der Waals surface area contributed by atoms with Crippen molar-refractivity contribution in [3.8, 4) is 0 Å². The van der Waals surface area contributed by atoms with E-state index in [1.807, 2.05) is 6.92 Å². The van der Waals surface area contributed by atoms with E-state index in [9.17, 15) is 4.79 Å². The van der Waals surface area contributed by atoms with Crippen molar-refractivity contribution in [1.29, 1.82) is 0 Å². The number of aromatic nitrogens is 3. The quantitative estimate of drug-likeness (QED) is 0.682. The zero-order valence-electron chi connectivity index (χ0n) is 7.56. The third kappa shape index (κ3) is 1.82. The Labute approximate surface area is 84.6 Å². The number of esters is 1. The van der Waals surface area contributed by atoms with Crippen LogP contribution in [-0.4, -0.2) is 32.5 Å². The number of carbonyl (C=O) groups is 1. The molecule has 1 fully saturated rings. The van der Waals surface area contributed by atoms with Gasteiger partial charge < -0.3 is 10.5 Å². The van der Waals surface area contributed by atoms with Crippen LogP contribution in [0.2, 0.25) is 0 Å². The number of nitrogens with one attached hydrogen (secondary N) is 1. The Morgan fingerprint density at radius 1 is 1.71 bits per heavy atom. The van der Waals surface area contributed by atoms with E-state index in [2.05, 4.69) is 15.2 Å². The highest BCUT2D eigenvalue weighted by atomic mass is 32.2. The zero-order valence-corrected chi connectivity index (χ0v) is 8.37. The minimum absolute atomic E-state index is 0.0173. The highest BCUT2D eigenvalue weighted by Crippen LogP contribution is 2.29. The van der Waals surface area contributed by atoms with Gasteiger partial charge in [0.25, 0.3) is 0 Å². The van der Waals surface area contributed by atoms with Gasteiger partial charge in [0.15, 0.2) is 0 Å². The maximum absolute atomic E-state index is 11.3. The van der Waals surface area contributed by atoms with Gasteiger partial charge in [0, 0.05) is 6.42 Å². The van der Waals surface area contributed by atoms with Gasteiger partial charge >= 0.3 is 5.97 Å². The number of cyclic esters (lactones) is 1. The van der Waals surface area contributed by atoms with E-state index in [4.69, 9.17) is 10.5 Å². The number of nitrogens with two attached hydrogens (primary N) is 1. The van der Waals surface area contributed by atoms with Crippen LogP contribution in [0.1, 0.15) is 13.3 Å². The molecule has 14 heavy (non-hydrogen) atoms. The number of thioether (sulfide) groups is 1. The summed E-state index contributed by atoms with van der Waals surface area (Å²) in [6.45, 7) is 1.87. The van der Waals surface area contributed by atoms with Crippen molar-refractivity contribution < 1.29 is 9.53 Å². The van der Waals surface area contributed by atoms with Crippen molar-refractivity contribution in [3.05, 3.63) is 0 Å². The molecule has 1 aliphatic heterocycles. The van der Waals surface area contributed by atoms with Crippen LogP contribution in [0.5, 0.6) is 0 Å². The van der Waals surface area contributed by atoms with Crippen LogP contribution in [0.25, 0.3) is 0 Å². The first kappa shape index (κ1) is 9.32. The van der Waals surface area contributed by atoms with Gasteiger partial charge in [-0.15, -0.1) is 5.10 Å². The second kappa shape index (κ2) is 3.49. The van der Waals surface area contributed by atoms with Crippen molar-refractivity contribution in [2.24, 2.45) is 0 Å². The molecule has 1 aromatic heterocycles. The summed E-state index contributed by atoms with van der Waals surface area (Å²) < 4.78 is 5.00. The molecular formula is C7H10N4O2S. The van der Waals surface area contributed by atoms with Crippen LogP contribution in [-0.2, 0) is 9.53 Å². The molecule has 0 bridgehead atoms. The number of rotatable bonds is 2. The number of H-pyrrole nitrogens is 1. The molecule has 2 rings (SSSR count). The van der Waals surface area contributed by atoms with E-state index >= 15 is 0 Å². The SMILES string of the molecule is C[C@@H]1C[C@@H](Sc2n[nH]c(N)n2)C(=O)O1. The van der Waals surface area contributed by atoms with Crippen molar-refractivity contribution in [2.75, 3.05) is 5.73 Å². The third-order valence-electron chi connectivity index (χ3n) is 1.86. The van der Waals surface area contributed by atoms with Gasteiger partial charge in [0.1, 0.15) is 11.4 Å². The third-order valence-corrected chi connectivity index (χ3v) is 2.92. The summed E-state index contributed by atoms with van der Waals surface area (Å²) in [6, 6.07) is 0. The van der Waals surface area contributed by atoms with Crippen molar-refractivity contribution in [1.82, 2.24) is 15.2 Å². The number of hydrogen-bond acceptors (Lipinski definition) is 6. The van der Waals surface area contributed by atoms with Gasteiger partial charge in [-0.3, -0.25) is 4.79 Å². The summed E-state index contributed by atoms with van der Waals surface area (Å²) in [5.74, 6) is 0.0535. The van der Waals surface area contributed by atoms with Crippen molar-refractivity contribution in [3.63, 3.8) is 0 Å².